The van der Waals surface area contributed by atoms with Gasteiger partial charge in [-0.2, -0.15) is 13.2 Å². The molecular weight excluding hydrogens is 374 g/mol. The number of nitro benzene ring substituents is 1. The maximum absolute atomic E-state index is 12.6. The second-order valence-electron chi connectivity index (χ2n) is 4.56. The van der Waals surface area contributed by atoms with Crippen LogP contribution in [-0.4, -0.2) is 11.5 Å². The molecular formula is C15H12ClF3NNaO4. The third-order valence-corrected chi connectivity index (χ3v) is 3.21. The molecule has 2 aromatic rings. The first-order valence-electron chi connectivity index (χ1n) is 6.68. The molecule has 2 aromatic carbocycles. The van der Waals surface area contributed by atoms with Crippen LogP contribution in [0.1, 0.15) is 13.9 Å². The first-order chi connectivity index (χ1) is 11.2. The van der Waals surface area contributed by atoms with Crippen molar-refractivity contribution < 1.29 is 58.6 Å². The van der Waals surface area contributed by atoms with Gasteiger partial charge >= 0.3 is 41.4 Å². The second kappa shape index (κ2) is 8.75. The second-order valence-corrected chi connectivity index (χ2v) is 4.97. The van der Waals surface area contributed by atoms with Gasteiger partial charge in [-0.05, 0) is 31.2 Å². The van der Waals surface area contributed by atoms with E-state index in [9.17, 15) is 23.3 Å². The minimum absolute atomic E-state index is 0. The first kappa shape index (κ1) is 21.6. The topological polar surface area (TPSA) is 61.6 Å². The summed E-state index contributed by atoms with van der Waals surface area (Å²) >= 11 is 5.80. The van der Waals surface area contributed by atoms with Crippen LogP contribution in [0, 0.1) is 10.1 Å². The standard InChI is InChI=1S/C15H11ClF3NO4.Na.H/c1-2-23-14-8-10(4-5-12(14)20(21)22)24-13-6-3-9(7-11(13)16)15(17,18)19;;/h3-8H,2H2,1H3;;/q;+1;-1. The molecule has 0 radical (unpaired) electrons. The summed E-state index contributed by atoms with van der Waals surface area (Å²) in [4.78, 5) is 10.3. The van der Waals surface area contributed by atoms with Crippen LogP contribution in [0.25, 0.3) is 0 Å². The Morgan fingerprint density at radius 2 is 1.88 bits per heavy atom. The van der Waals surface area contributed by atoms with Gasteiger partial charge in [0, 0.05) is 12.1 Å². The molecule has 10 heteroatoms. The number of hydrogen-bond donors (Lipinski definition) is 0. The summed E-state index contributed by atoms with van der Waals surface area (Å²) in [5.41, 5.74) is -1.15. The van der Waals surface area contributed by atoms with E-state index >= 15 is 0 Å². The minimum Gasteiger partial charge on any atom is -1.00 e. The number of alkyl halides is 3. The van der Waals surface area contributed by atoms with Gasteiger partial charge in [0.25, 0.3) is 0 Å². The van der Waals surface area contributed by atoms with Gasteiger partial charge in [-0.1, -0.05) is 11.6 Å². The summed E-state index contributed by atoms with van der Waals surface area (Å²) in [5.74, 6) is 0.120. The molecule has 0 spiro atoms. The van der Waals surface area contributed by atoms with E-state index in [2.05, 4.69) is 0 Å². The van der Waals surface area contributed by atoms with Gasteiger partial charge in [-0.3, -0.25) is 10.1 Å². The molecule has 0 aliphatic carbocycles. The Morgan fingerprint density at radius 1 is 1.20 bits per heavy atom. The summed E-state index contributed by atoms with van der Waals surface area (Å²) in [6, 6.07) is 6.40. The number of nitrogens with zero attached hydrogens (tertiary/aromatic N) is 1. The average Bonchev–Trinajstić information content (AvgIpc) is 2.48. The number of rotatable bonds is 5. The molecule has 0 saturated heterocycles. The predicted molar refractivity (Wildman–Crippen MR) is 81.9 cm³/mol. The molecule has 0 heterocycles. The van der Waals surface area contributed by atoms with Crippen molar-refractivity contribution in [3.63, 3.8) is 0 Å². The maximum Gasteiger partial charge on any atom is 1.00 e. The summed E-state index contributed by atoms with van der Waals surface area (Å²) in [6.45, 7) is 1.86. The molecule has 0 amide bonds. The van der Waals surface area contributed by atoms with E-state index in [1.165, 1.54) is 18.2 Å². The Kier molecular flexibility index (Phi) is 7.55. The van der Waals surface area contributed by atoms with E-state index in [1.807, 2.05) is 0 Å². The first-order valence-corrected chi connectivity index (χ1v) is 7.06. The van der Waals surface area contributed by atoms with Crippen molar-refractivity contribution in [2.45, 2.75) is 13.1 Å². The van der Waals surface area contributed by atoms with Gasteiger partial charge in [0.2, 0.25) is 5.75 Å². The Bertz CT molecular complexity index is 777. The van der Waals surface area contributed by atoms with Gasteiger partial charge < -0.3 is 10.9 Å². The van der Waals surface area contributed by atoms with Crippen LogP contribution in [0.5, 0.6) is 17.2 Å². The molecule has 0 atom stereocenters. The maximum atomic E-state index is 12.6. The van der Waals surface area contributed by atoms with Gasteiger partial charge in [0.1, 0.15) is 11.5 Å². The van der Waals surface area contributed by atoms with Gasteiger partial charge in [-0.15, -0.1) is 0 Å². The van der Waals surface area contributed by atoms with Gasteiger partial charge in [-0.25, -0.2) is 0 Å². The molecule has 0 fully saturated rings. The van der Waals surface area contributed by atoms with E-state index in [4.69, 9.17) is 21.1 Å². The van der Waals surface area contributed by atoms with Crippen molar-refractivity contribution in [3.05, 3.63) is 57.1 Å². The largest absolute Gasteiger partial charge is 1.00 e. The van der Waals surface area contributed by atoms with Crippen LogP contribution >= 0.6 is 11.6 Å². The fourth-order valence-corrected chi connectivity index (χ4v) is 2.09. The van der Waals surface area contributed by atoms with Gasteiger partial charge in [0.05, 0.1) is 22.1 Å². The van der Waals surface area contributed by atoms with Crippen molar-refractivity contribution in [2.75, 3.05) is 6.61 Å². The minimum atomic E-state index is -4.52. The molecule has 0 aliphatic rings. The van der Waals surface area contributed by atoms with Crippen molar-refractivity contribution in [3.8, 4) is 17.2 Å². The molecule has 2 rings (SSSR count). The summed E-state index contributed by atoms with van der Waals surface area (Å²) in [7, 11) is 0. The van der Waals surface area contributed by atoms with Crippen molar-refractivity contribution in [2.24, 2.45) is 0 Å². The van der Waals surface area contributed by atoms with E-state index in [-0.39, 0.29) is 65.5 Å². The molecule has 0 aromatic heterocycles. The van der Waals surface area contributed by atoms with Crippen molar-refractivity contribution in [1.29, 1.82) is 0 Å². The Labute approximate surface area is 169 Å². The normalized spacial score (nSPS) is 10.8. The molecule has 0 saturated carbocycles. The van der Waals surface area contributed by atoms with Crippen LogP contribution in [0.15, 0.2) is 36.4 Å². The quantitative estimate of drug-likeness (QED) is 0.451. The number of hydrogen-bond acceptors (Lipinski definition) is 4. The van der Waals surface area contributed by atoms with Crippen LogP contribution in [-0.2, 0) is 6.18 Å². The van der Waals surface area contributed by atoms with E-state index in [0.717, 1.165) is 18.2 Å². The summed E-state index contributed by atoms with van der Waals surface area (Å²) in [5, 5.41) is 10.7. The zero-order valence-corrected chi connectivity index (χ0v) is 16.0. The number of ether oxygens (including phenoxy) is 2. The van der Waals surface area contributed by atoms with Crippen LogP contribution in [0.3, 0.4) is 0 Å². The van der Waals surface area contributed by atoms with Crippen molar-refractivity contribution in [1.82, 2.24) is 0 Å². The Hall–Kier alpha value is -1.48. The third kappa shape index (κ3) is 5.50. The fourth-order valence-electron chi connectivity index (χ4n) is 1.87. The van der Waals surface area contributed by atoms with E-state index in [0.29, 0.717) is 0 Å². The number of nitro groups is 1. The molecule has 5 nitrogen and oxygen atoms in total. The summed E-state index contributed by atoms with van der Waals surface area (Å²) in [6.07, 6.45) is -4.52. The monoisotopic (exact) mass is 385 g/mol. The SMILES string of the molecule is CCOc1cc(Oc2ccc(C(F)(F)F)cc2Cl)ccc1[N+](=O)[O-].[H-].[Na+]. The average molecular weight is 386 g/mol. The van der Waals surface area contributed by atoms with Crippen LogP contribution < -0.4 is 39.0 Å². The zero-order chi connectivity index (χ0) is 17.9. The molecule has 0 aliphatic heterocycles. The zero-order valence-electron chi connectivity index (χ0n) is 14.3. The smallest absolute Gasteiger partial charge is 1.00 e. The molecule has 0 unspecified atom stereocenters. The van der Waals surface area contributed by atoms with Crippen LogP contribution in [0.4, 0.5) is 18.9 Å². The molecule has 0 bridgehead atoms. The van der Waals surface area contributed by atoms with E-state index < -0.39 is 16.7 Å². The third-order valence-electron chi connectivity index (χ3n) is 2.91. The summed E-state index contributed by atoms with van der Waals surface area (Å²) < 4.78 is 48.4. The number of halogens is 4. The van der Waals surface area contributed by atoms with Crippen LogP contribution in [0.2, 0.25) is 5.02 Å². The Balaban J connectivity index is 0.00000312. The molecule has 25 heavy (non-hydrogen) atoms. The number of benzene rings is 2. The fraction of sp³-hybridized carbons (Fsp3) is 0.200. The predicted octanol–water partition coefficient (Wildman–Crippen LogP) is 2.57. The Morgan fingerprint density at radius 3 is 2.40 bits per heavy atom. The van der Waals surface area contributed by atoms with Gasteiger partial charge in [0.15, 0.2) is 0 Å². The molecule has 0 N–H and O–H groups in total. The molecule has 130 valence electrons. The van der Waals surface area contributed by atoms with E-state index in [1.54, 1.807) is 6.92 Å². The van der Waals surface area contributed by atoms with Crippen molar-refractivity contribution >= 4 is 17.3 Å².